The van der Waals surface area contributed by atoms with E-state index in [4.69, 9.17) is 5.11 Å². The Morgan fingerprint density at radius 2 is 1.81 bits per heavy atom. The van der Waals surface area contributed by atoms with Crippen LogP contribution in [0.4, 0.5) is 5.69 Å². The van der Waals surface area contributed by atoms with Crippen molar-refractivity contribution in [2.24, 2.45) is 0 Å². The average molecular weight is 282 g/mol. The first-order valence-electron chi connectivity index (χ1n) is 6.64. The van der Waals surface area contributed by atoms with E-state index in [9.17, 15) is 9.59 Å². The fourth-order valence-electron chi connectivity index (χ4n) is 2.39. The van der Waals surface area contributed by atoms with Gasteiger partial charge in [0.25, 0.3) is 11.8 Å². The van der Waals surface area contributed by atoms with Crippen molar-refractivity contribution in [1.29, 1.82) is 0 Å². The fourth-order valence-corrected chi connectivity index (χ4v) is 2.39. The molecule has 1 heterocycles. The van der Waals surface area contributed by atoms with Crippen LogP contribution < -0.4 is 5.32 Å². The van der Waals surface area contributed by atoms with Crippen molar-refractivity contribution >= 4 is 28.3 Å². The van der Waals surface area contributed by atoms with Crippen LogP contribution in [0.25, 0.3) is 10.8 Å². The number of imide groups is 1. The number of benzene rings is 2. The summed E-state index contributed by atoms with van der Waals surface area (Å²) in [6.07, 6.45) is 1.26. The van der Waals surface area contributed by atoms with Gasteiger partial charge in [0.15, 0.2) is 0 Å². The third-order valence-corrected chi connectivity index (χ3v) is 3.39. The summed E-state index contributed by atoms with van der Waals surface area (Å²) in [7, 11) is 0. The van der Waals surface area contributed by atoms with Crippen LogP contribution in [-0.4, -0.2) is 35.0 Å². The second-order valence-electron chi connectivity index (χ2n) is 4.73. The molecule has 0 unspecified atom stereocenters. The molecular weight excluding hydrogens is 268 g/mol. The van der Waals surface area contributed by atoms with Gasteiger partial charge >= 0.3 is 0 Å². The molecule has 2 N–H and O–H groups in total. The number of β-amino-alcohol motifs (C(OH)–C–C–N with tert-alkyl or cyclic N) is 1. The van der Waals surface area contributed by atoms with Crippen LogP contribution in [0.1, 0.15) is 0 Å². The molecule has 106 valence electrons. The molecule has 1 aliphatic rings. The van der Waals surface area contributed by atoms with E-state index in [0.717, 1.165) is 21.4 Å². The third-order valence-electron chi connectivity index (χ3n) is 3.39. The highest BCUT2D eigenvalue weighted by molar-refractivity contribution is 6.18. The first-order chi connectivity index (χ1) is 10.2. The van der Waals surface area contributed by atoms with Crippen molar-refractivity contribution in [3.05, 3.63) is 54.2 Å². The molecule has 0 aromatic heterocycles. The minimum atomic E-state index is -0.415. The topological polar surface area (TPSA) is 69.6 Å². The van der Waals surface area contributed by atoms with Gasteiger partial charge in [0, 0.05) is 17.1 Å². The number of fused-ring (bicyclic) bond motifs is 1. The lowest BCUT2D eigenvalue weighted by atomic mass is 10.1. The number of rotatable bonds is 4. The highest BCUT2D eigenvalue weighted by Crippen LogP contribution is 2.25. The quantitative estimate of drug-likeness (QED) is 0.834. The zero-order chi connectivity index (χ0) is 14.8. The van der Waals surface area contributed by atoms with Gasteiger partial charge in [-0.2, -0.15) is 0 Å². The number of anilines is 1. The monoisotopic (exact) mass is 282 g/mol. The fraction of sp³-hybridized carbons (Fsp3) is 0.125. The summed E-state index contributed by atoms with van der Waals surface area (Å²) < 4.78 is 0. The standard InChI is InChI=1S/C16H14N2O3/c19-9-8-18-15(20)10-14(16(18)21)17-13-7-3-5-11-4-1-2-6-12(11)13/h1-7,10,17,19H,8-9H2. The van der Waals surface area contributed by atoms with Gasteiger partial charge in [-0.1, -0.05) is 36.4 Å². The minimum absolute atomic E-state index is 0.00881. The summed E-state index contributed by atoms with van der Waals surface area (Å²) in [6.45, 7) is -0.234. The summed E-state index contributed by atoms with van der Waals surface area (Å²) in [5, 5.41) is 13.9. The lowest BCUT2D eigenvalue weighted by Gasteiger charge is -2.14. The number of aliphatic hydroxyl groups excluding tert-OH is 1. The number of amides is 2. The van der Waals surface area contributed by atoms with E-state index in [0.29, 0.717) is 0 Å². The number of carbonyl (C=O) groups excluding carboxylic acids is 2. The summed E-state index contributed by atoms with van der Waals surface area (Å²) >= 11 is 0. The van der Waals surface area contributed by atoms with E-state index in [2.05, 4.69) is 5.32 Å². The molecule has 5 nitrogen and oxygen atoms in total. The van der Waals surface area contributed by atoms with Crippen LogP contribution in [0.5, 0.6) is 0 Å². The predicted octanol–water partition coefficient (Wildman–Crippen LogP) is 1.50. The summed E-state index contributed by atoms with van der Waals surface area (Å²) in [6, 6.07) is 13.5. The van der Waals surface area contributed by atoms with Crippen molar-refractivity contribution in [3.63, 3.8) is 0 Å². The lowest BCUT2D eigenvalue weighted by molar-refractivity contribution is -0.137. The Balaban J connectivity index is 1.91. The van der Waals surface area contributed by atoms with Gasteiger partial charge in [0.1, 0.15) is 5.70 Å². The highest BCUT2D eigenvalue weighted by atomic mass is 16.3. The molecule has 0 fully saturated rings. The van der Waals surface area contributed by atoms with Crippen molar-refractivity contribution in [2.75, 3.05) is 18.5 Å². The lowest BCUT2D eigenvalue weighted by Crippen LogP contribution is -2.34. The van der Waals surface area contributed by atoms with Crippen LogP contribution in [0.15, 0.2) is 54.2 Å². The van der Waals surface area contributed by atoms with Gasteiger partial charge in [-0.15, -0.1) is 0 Å². The van der Waals surface area contributed by atoms with Crippen LogP contribution in [0, 0.1) is 0 Å². The number of carbonyl (C=O) groups is 2. The van der Waals surface area contributed by atoms with Crippen LogP contribution >= 0.6 is 0 Å². The van der Waals surface area contributed by atoms with Gasteiger partial charge in [-0.25, -0.2) is 0 Å². The van der Waals surface area contributed by atoms with Gasteiger partial charge in [0.2, 0.25) is 0 Å². The average Bonchev–Trinajstić information content (AvgIpc) is 2.76. The number of nitrogens with one attached hydrogen (secondary N) is 1. The van der Waals surface area contributed by atoms with E-state index >= 15 is 0 Å². The number of hydrogen-bond acceptors (Lipinski definition) is 4. The molecule has 0 spiro atoms. The second-order valence-corrected chi connectivity index (χ2v) is 4.73. The Morgan fingerprint density at radius 1 is 1.05 bits per heavy atom. The zero-order valence-electron chi connectivity index (χ0n) is 11.2. The van der Waals surface area contributed by atoms with E-state index in [1.54, 1.807) is 0 Å². The van der Waals surface area contributed by atoms with Crippen LogP contribution in [0.3, 0.4) is 0 Å². The van der Waals surface area contributed by atoms with Crippen LogP contribution in [-0.2, 0) is 9.59 Å². The van der Waals surface area contributed by atoms with Gasteiger partial charge in [-0.3, -0.25) is 14.5 Å². The Kier molecular flexibility index (Phi) is 3.41. The van der Waals surface area contributed by atoms with Crippen molar-refractivity contribution in [1.82, 2.24) is 4.90 Å². The Bertz CT molecular complexity index is 747. The molecule has 21 heavy (non-hydrogen) atoms. The van der Waals surface area contributed by atoms with E-state index in [1.807, 2.05) is 42.5 Å². The van der Waals surface area contributed by atoms with Crippen molar-refractivity contribution in [3.8, 4) is 0 Å². The third kappa shape index (κ3) is 2.39. The molecule has 2 aromatic carbocycles. The van der Waals surface area contributed by atoms with Crippen LogP contribution in [0.2, 0.25) is 0 Å². The molecule has 5 heteroatoms. The largest absolute Gasteiger partial charge is 0.395 e. The molecule has 3 rings (SSSR count). The predicted molar refractivity (Wildman–Crippen MR) is 79.5 cm³/mol. The summed E-state index contributed by atoms with van der Waals surface area (Å²) in [5.41, 5.74) is 0.996. The molecule has 0 saturated heterocycles. The van der Waals surface area contributed by atoms with Crippen molar-refractivity contribution in [2.45, 2.75) is 0 Å². The molecule has 2 amide bonds. The molecular formula is C16H14N2O3. The van der Waals surface area contributed by atoms with Gasteiger partial charge < -0.3 is 10.4 Å². The first-order valence-corrected chi connectivity index (χ1v) is 6.64. The molecule has 0 radical (unpaired) electrons. The summed E-state index contributed by atoms with van der Waals surface area (Å²) in [4.78, 5) is 24.8. The maximum absolute atomic E-state index is 12.1. The maximum atomic E-state index is 12.1. The van der Waals surface area contributed by atoms with E-state index in [-0.39, 0.29) is 18.8 Å². The van der Waals surface area contributed by atoms with E-state index < -0.39 is 11.8 Å². The summed E-state index contributed by atoms with van der Waals surface area (Å²) in [5.74, 6) is -0.821. The van der Waals surface area contributed by atoms with Crippen molar-refractivity contribution < 1.29 is 14.7 Å². The molecule has 1 aliphatic heterocycles. The maximum Gasteiger partial charge on any atom is 0.277 e. The second kappa shape index (κ2) is 5.38. The number of aliphatic hydroxyl groups is 1. The van der Waals surface area contributed by atoms with E-state index in [1.165, 1.54) is 6.08 Å². The Labute approximate surface area is 121 Å². The molecule has 0 saturated carbocycles. The van der Waals surface area contributed by atoms with Gasteiger partial charge in [-0.05, 0) is 11.5 Å². The minimum Gasteiger partial charge on any atom is -0.395 e. The number of hydrogen-bond donors (Lipinski definition) is 2. The SMILES string of the molecule is O=C1C=C(Nc2cccc3ccccc23)C(=O)N1CCO. The Morgan fingerprint density at radius 3 is 2.62 bits per heavy atom. The molecule has 2 aromatic rings. The number of nitrogens with zero attached hydrogens (tertiary/aromatic N) is 1. The molecule has 0 bridgehead atoms. The first kappa shape index (κ1) is 13.3. The Hall–Kier alpha value is -2.66. The van der Waals surface area contributed by atoms with Gasteiger partial charge in [0.05, 0.1) is 13.2 Å². The highest BCUT2D eigenvalue weighted by Gasteiger charge is 2.30. The smallest absolute Gasteiger partial charge is 0.277 e. The normalized spacial score (nSPS) is 14.7. The zero-order valence-corrected chi connectivity index (χ0v) is 11.2. The molecule has 0 aliphatic carbocycles. The molecule has 0 atom stereocenters.